The summed E-state index contributed by atoms with van der Waals surface area (Å²) >= 11 is 0. The van der Waals surface area contributed by atoms with Crippen molar-refractivity contribution in [3.05, 3.63) is 0 Å². The summed E-state index contributed by atoms with van der Waals surface area (Å²) in [6, 6.07) is 0. The van der Waals surface area contributed by atoms with E-state index in [0.717, 1.165) is 0 Å². The van der Waals surface area contributed by atoms with E-state index in [1.807, 2.05) is 0 Å². The number of quaternary nitrogens is 1. The lowest BCUT2D eigenvalue weighted by molar-refractivity contribution is -0.911. The zero-order valence-corrected chi connectivity index (χ0v) is 12.0. The van der Waals surface area contributed by atoms with Gasteiger partial charge in [-0.3, -0.25) is 9.08 Å². The van der Waals surface area contributed by atoms with Crippen molar-refractivity contribution in [2.75, 3.05) is 53.4 Å². The fourth-order valence-corrected chi connectivity index (χ4v) is 1.80. The molecule has 17 heavy (non-hydrogen) atoms. The molecule has 0 spiro atoms. The van der Waals surface area contributed by atoms with Crippen LogP contribution in [0.25, 0.3) is 0 Å². The molecule has 1 fully saturated rings. The van der Waals surface area contributed by atoms with Crippen LogP contribution >= 0.6 is 0 Å². The predicted octanol–water partition coefficient (Wildman–Crippen LogP) is -0.119. The van der Waals surface area contributed by atoms with Crippen molar-refractivity contribution in [3.63, 3.8) is 0 Å². The van der Waals surface area contributed by atoms with E-state index < -0.39 is 10.4 Å². The van der Waals surface area contributed by atoms with Gasteiger partial charge in [-0.15, -0.1) is 0 Å². The van der Waals surface area contributed by atoms with Crippen molar-refractivity contribution >= 4 is 10.4 Å². The van der Waals surface area contributed by atoms with Crippen LogP contribution in [0.15, 0.2) is 0 Å². The van der Waals surface area contributed by atoms with Gasteiger partial charge in [0.05, 0.1) is 33.3 Å². The average Bonchev–Trinajstić information content (AvgIpc) is 2.22. The van der Waals surface area contributed by atoms with Gasteiger partial charge >= 0.3 is 0 Å². The van der Waals surface area contributed by atoms with Crippen LogP contribution in [0, 0.1) is 0 Å². The molecule has 0 atom stereocenters. The molecule has 0 aliphatic carbocycles. The molecule has 1 rings (SSSR count). The smallest absolute Gasteiger partial charge is 0.217 e. The fraction of sp³-hybridized carbons (Fsp3) is 1.00. The molecule has 7 heteroatoms. The van der Waals surface area contributed by atoms with Gasteiger partial charge in [0.1, 0.15) is 0 Å². The minimum absolute atomic E-state index is 0.0914. The van der Waals surface area contributed by atoms with Crippen LogP contribution in [-0.2, 0) is 14.6 Å². The molecule has 1 aliphatic heterocycles. The van der Waals surface area contributed by atoms with Crippen molar-refractivity contribution < 1.29 is 21.6 Å². The van der Waals surface area contributed by atoms with E-state index in [1.54, 1.807) is 0 Å². The topological polar surface area (TPSA) is 69.7 Å². The molecule has 0 aromatic heterocycles. The summed E-state index contributed by atoms with van der Waals surface area (Å²) in [5.41, 5.74) is 0. The van der Waals surface area contributed by atoms with Crippen LogP contribution in [-0.4, -0.2) is 75.8 Å². The van der Waals surface area contributed by atoms with Crippen molar-refractivity contribution in [3.8, 4) is 0 Å². The Bertz CT molecular complexity index is 297. The minimum Gasteiger partial charge on any atom is -0.726 e. The van der Waals surface area contributed by atoms with Crippen LogP contribution in [0.4, 0.5) is 0 Å². The van der Waals surface area contributed by atoms with Gasteiger partial charge in [0.25, 0.3) is 0 Å². The Kier molecular flexibility index (Phi) is 7.18. The molecule has 0 bridgehead atoms. The summed E-state index contributed by atoms with van der Waals surface area (Å²) in [6.07, 6.45) is 0. The van der Waals surface area contributed by atoms with Gasteiger partial charge in [-0.1, -0.05) is 0 Å². The van der Waals surface area contributed by atoms with E-state index in [2.05, 4.69) is 30.1 Å². The molecule has 0 amide bonds. The fourth-order valence-electron chi connectivity index (χ4n) is 1.51. The summed E-state index contributed by atoms with van der Waals surface area (Å²) in [5.74, 6) is 0. The normalized spacial score (nSPS) is 20.5. The molecule has 1 saturated heterocycles. The zero-order valence-electron chi connectivity index (χ0n) is 11.2. The van der Waals surface area contributed by atoms with E-state index in [-0.39, 0.29) is 6.61 Å². The maximum absolute atomic E-state index is 9.45. The molecule has 0 aromatic carbocycles. The SMILES string of the molecule is CCOS(=O)(=O)[O-].CC[N+]1(C)CCN(C)CC1. The van der Waals surface area contributed by atoms with Crippen molar-refractivity contribution in [1.29, 1.82) is 0 Å². The molecule has 0 saturated carbocycles. The van der Waals surface area contributed by atoms with E-state index in [4.69, 9.17) is 0 Å². The third-order valence-corrected chi connectivity index (χ3v) is 3.59. The summed E-state index contributed by atoms with van der Waals surface area (Å²) < 4.78 is 33.3. The monoisotopic (exact) mass is 268 g/mol. The van der Waals surface area contributed by atoms with Gasteiger partial charge in [0.2, 0.25) is 10.4 Å². The predicted molar refractivity (Wildman–Crippen MR) is 65.3 cm³/mol. The maximum Gasteiger partial charge on any atom is 0.217 e. The lowest BCUT2D eigenvalue weighted by Crippen LogP contribution is -2.56. The first-order chi connectivity index (χ1) is 7.72. The first kappa shape index (κ1) is 16.8. The van der Waals surface area contributed by atoms with Gasteiger partial charge in [-0.25, -0.2) is 8.42 Å². The third-order valence-electron chi connectivity index (χ3n) is 3.07. The molecule has 6 nitrogen and oxygen atoms in total. The Hall–Kier alpha value is -0.210. The second-order valence-corrected chi connectivity index (χ2v) is 5.55. The van der Waals surface area contributed by atoms with Gasteiger partial charge in [0.15, 0.2) is 0 Å². The summed E-state index contributed by atoms with van der Waals surface area (Å²) in [5, 5.41) is 0. The zero-order chi connectivity index (χ0) is 13.5. The first-order valence-corrected chi connectivity index (χ1v) is 7.18. The van der Waals surface area contributed by atoms with Crippen LogP contribution in [0.3, 0.4) is 0 Å². The van der Waals surface area contributed by atoms with Crippen LogP contribution in [0.1, 0.15) is 13.8 Å². The molecule has 1 heterocycles. The van der Waals surface area contributed by atoms with E-state index in [0.29, 0.717) is 0 Å². The van der Waals surface area contributed by atoms with Crippen LogP contribution in [0.2, 0.25) is 0 Å². The maximum atomic E-state index is 9.45. The summed E-state index contributed by atoms with van der Waals surface area (Å²) in [4.78, 5) is 2.41. The highest BCUT2D eigenvalue weighted by Gasteiger charge is 2.24. The van der Waals surface area contributed by atoms with Gasteiger partial charge in [-0.05, 0) is 20.9 Å². The van der Waals surface area contributed by atoms with Gasteiger partial charge in [0, 0.05) is 13.1 Å². The van der Waals surface area contributed by atoms with E-state index in [9.17, 15) is 13.0 Å². The first-order valence-electron chi connectivity index (χ1n) is 5.85. The molecular weight excluding hydrogens is 244 g/mol. The standard InChI is InChI=1S/C8H19N2.C2H6O4S/c1-4-10(3)7-5-9(2)6-8-10;1-2-6-7(3,4)5/h4-8H2,1-3H3;2H2,1H3,(H,3,4,5)/q+1;/p-1. The lowest BCUT2D eigenvalue weighted by atomic mass is 10.3. The lowest BCUT2D eigenvalue weighted by Gasteiger charge is -2.40. The Morgan fingerprint density at radius 3 is 2.00 bits per heavy atom. The van der Waals surface area contributed by atoms with Crippen molar-refractivity contribution in [2.45, 2.75) is 13.8 Å². The van der Waals surface area contributed by atoms with E-state index in [1.165, 1.54) is 44.1 Å². The Morgan fingerprint density at radius 2 is 1.76 bits per heavy atom. The Labute approximate surface area is 105 Å². The molecule has 0 unspecified atom stereocenters. The highest BCUT2D eigenvalue weighted by atomic mass is 32.3. The second kappa shape index (κ2) is 7.27. The highest BCUT2D eigenvalue weighted by Crippen LogP contribution is 2.06. The summed E-state index contributed by atoms with van der Waals surface area (Å²) in [6.45, 7) is 10.1. The quantitative estimate of drug-likeness (QED) is 0.405. The van der Waals surface area contributed by atoms with E-state index >= 15 is 0 Å². The van der Waals surface area contributed by atoms with Crippen LogP contribution < -0.4 is 0 Å². The molecule has 0 aromatic rings. The van der Waals surface area contributed by atoms with Crippen molar-refractivity contribution in [1.82, 2.24) is 4.90 Å². The van der Waals surface area contributed by atoms with Crippen molar-refractivity contribution in [2.24, 2.45) is 0 Å². The molecule has 104 valence electrons. The Morgan fingerprint density at radius 1 is 1.29 bits per heavy atom. The Balaban J connectivity index is 0.000000325. The number of rotatable bonds is 3. The number of likely N-dealkylation sites (N-methyl/N-ethyl adjacent to an activating group) is 2. The van der Waals surface area contributed by atoms with Gasteiger partial charge < -0.3 is 9.04 Å². The third kappa shape index (κ3) is 8.50. The van der Waals surface area contributed by atoms with Gasteiger partial charge in [-0.2, -0.15) is 0 Å². The van der Waals surface area contributed by atoms with Crippen LogP contribution in [0.5, 0.6) is 0 Å². The number of hydrogen-bond acceptors (Lipinski definition) is 5. The molecule has 0 radical (unpaired) electrons. The highest BCUT2D eigenvalue weighted by molar-refractivity contribution is 7.80. The second-order valence-electron chi connectivity index (χ2n) is 4.50. The number of piperazine rings is 1. The average molecular weight is 268 g/mol. The molecule has 1 aliphatic rings. The largest absolute Gasteiger partial charge is 0.726 e. The number of hydrogen-bond donors (Lipinski definition) is 0. The molecule has 0 N–H and O–H groups in total. The number of nitrogens with zero attached hydrogens (tertiary/aromatic N) is 2. The molecular formula is C10H24N2O4S. The summed E-state index contributed by atoms with van der Waals surface area (Å²) in [7, 11) is 0.137. The minimum atomic E-state index is -4.42.